The number of hydrogen-bond donors (Lipinski definition) is 0. The highest BCUT2D eigenvalue weighted by atomic mass is 79.9. The van der Waals surface area contributed by atoms with Gasteiger partial charge >= 0.3 is 0 Å². The molecule has 2 heteroatoms. The fraction of sp³-hybridized carbons (Fsp3) is 0.294. The minimum atomic E-state index is 0.448. The molecule has 0 fully saturated rings. The van der Waals surface area contributed by atoms with Crippen molar-refractivity contribution in [1.82, 2.24) is 0 Å². The first kappa shape index (κ1) is 14.1. The van der Waals surface area contributed by atoms with E-state index in [1.165, 1.54) is 16.7 Å². The van der Waals surface area contributed by atoms with Crippen LogP contribution in [0.5, 0.6) is 5.75 Å². The first-order valence-corrected chi connectivity index (χ1v) is 7.34. The second-order valence-corrected chi connectivity index (χ2v) is 5.97. The third-order valence-electron chi connectivity index (χ3n) is 3.24. The van der Waals surface area contributed by atoms with E-state index in [-0.39, 0.29) is 0 Å². The van der Waals surface area contributed by atoms with E-state index in [1.807, 2.05) is 12.1 Å². The molecule has 0 aliphatic rings. The summed E-state index contributed by atoms with van der Waals surface area (Å²) < 4.78 is 7.10. The molecule has 1 nitrogen and oxygen atoms in total. The van der Waals surface area contributed by atoms with E-state index in [9.17, 15) is 0 Å². The first-order chi connectivity index (χ1) is 9.08. The van der Waals surface area contributed by atoms with Crippen LogP contribution in [0, 0.1) is 6.92 Å². The molecule has 2 aromatic carbocycles. The Hall–Kier alpha value is -1.28. The van der Waals surface area contributed by atoms with E-state index in [4.69, 9.17) is 4.74 Å². The van der Waals surface area contributed by atoms with Gasteiger partial charge in [-0.2, -0.15) is 0 Å². The number of benzene rings is 2. The third kappa shape index (κ3) is 3.60. The van der Waals surface area contributed by atoms with Crippen molar-refractivity contribution in [3.8, 4) is 5.75 Å². The SMILES string of the molecule is Cc1ccccc1COc1ccc(Br)cc1C(C)C. The highest BCUT2D eigenvalue weighted by Crippen LogP contribution is 2.30. The van der Waals surface area contributed by atoms with Crippen LogP contribution >= 0.6 is 15.9 Å². The van der Waals surface area contributed by atoms with Crippen molar-refractivity contribution in [2.24, 2.45) is 0 Å². The molecule has 0 bridgehead atoms. The van der Waals surface area contributed by atoms with Crippen molar-refractivity contribution in [1.29, 1.82) is 0 Å². The summed E-state index contributed by atoms with van der Waals surface area (Å²) in [6.07, 6.45) is 0. The normalized spacial score (nSPS) is 10.8. The predicted molar refractivity (Wildman–Crippen MR) is 83.7 cm³/mol. The van der Waals surface area contributed by atoms with E-state index in [0.29, 0.717) is 12.5 Å². The zero-order valence-corrected chi connectivity index (χ0v) is 13.2. The Morgan fingerprint density at radius 2 is 1.84 bits per heavy atom. The van der Waals surface area contributed by atoms with E-state index < -0.39 is 0 Å². The molecule has 0 heterocycles. The topological polar surface area (TPSA) is 9.23 Å². The van der Waals surface area contributed by atoms with Gasteiger partial charge in [-0.1, -0.05) is 54.0 Å². The van der Waals surface area contributed by atoms with Crippen molar-refractivity contribution in [3.05, 3.63) is 63.6 Å². The fourth-order valence-electron chi connectivity index (χ4n) is 2.03. The molecule has 0 aromatic heterocycles. The molecule has 19 heavy (non-hydrogen) atoms. The van der Waals surface area contributed by atoms with Crippen LogP contribution in [0.4, 0.5) is 0 Å². The van der Waals surface area contributed by atoms with Gasteiger partial charge in [-0.3, -0.25) is 0 Å². The van der Waals surface area contributed by atoms with Gasteiger partial charge in [0.2, 0.25) is 0 Å². The number of halogens is 1. The van der Waals surface area contributed by atoms with Gasteiger partial charge in [0, 0.05) is 4.47 Å². The summed E-state index contributed by atoms with van der Waals surface area (Å²) >= 11 is 3.52. The minimum Gasteiger partial charge on any atom is -0.489 e. The molecule has 0 saturated heterocycles. The molecule has 0 unspecified atom stereocenters. The van der Waals surface area contributed by atoms with Gasteiger partial charge in [0.25, 0.3) is 0 Å². The van der Waals surface area contributed by atoms with Crippen LogP contribution < -0.4 is 4.74 Å². The molecule has 0 amide bonds. The van der Waals surface area contributed by atoms with Crippen LogP contribution in [-0.2, 0) is 6.61 Å². The van der Waals surface area contributed by atoms with Gasteiger partial charge in [-0.15, -0.1) is 0 Å². The molecule has 0 spiro atoms. The Morgan fingerprint density at radius 1 is 1.11 bits per heavy atom. The molecule has 100 valence electrons. The lowest BCUT2D eigenvalue weighted by Gasteiger charge is -2.15. The predicted octanol–water partition coefficient (Wildman–Crippen LogP) is 5.46. The summed E-state index contributed by atoms with van der Waals surface area (Å²) in [4.78, 5) is 0. The van der Waals surface area contributed by atoms with Crippen molar-refractivity contribution < 1.29 is 4.74 Å². The van der Waals surface area contributed by atoms with Crippen molar-refractivity contribution in [2.75, 3.05) is 0 Å². The van der Waals surface area contributed by atoms with Crippen LogP contribution in [-0.4, -0.2) is 0 Å². The second kappa shape index (κ2) is 6.25. The molecule has 2 rings (SSSR count). The first-order valence-electron chi connectivity index (χ1n) is 6.54. The van der Waals surface area contributed by atoms with E-state index in [2.05, 4.69) is 67.0 Å². The number of rotatable bonds is 4. The van der Waals surface area contributed by atoms with E-state index >= 15 is 0 Å². The number of ether oxygens (including phenoxy) is 1. The standard InChI is InChI=1S/C17H19BrO/c1-12(2)16-10-15(18)8-9-17(16)19-11-14-7-5-4-6-13(14)3/h4-10,12H,11H2,1-3H3. The van der Waals surface area contributed by atoms with Gasteiger partial charge < -0.3 is 4.74 Å². The summed E-state index contributed by atoms with van der Waals surface area (Å²) in [7, 11) is 0. The quantitative estimate of drug-likeness (QED) is 0.727. The lowest BCUT2D eigenvalue weighted by molar-refractivity contribution is 0.301. The second-order valence-electron chi connectivity index (χ2n) is 5.05. The highest BCUT2D eigenvalue weighted by Gasteiger charge is 2.09. The molecule has 0 aliphatic carbocycles. The largest absolute Gasteiger partial charge is 0.489 e. The molecule has 0 N–H and O–H groups in total. The van der Waals surface area contributed by atoms with Crippen LogP contribution in [0.15, 0.2) is 46.9 Å². The van der Waals surface area contributed by atoms with Gasteiger partial charge in [-0.25, -0.2) is 0 Å². The fourth-order valence-corrected chi connectivity index (χ4v) is 2.41. The van der Waals surface area contributed by atoms with Crippen LogP contribution in [0.25, 0.3) is 0 Å². The van der Waals surface area contributed by atoms with Gasteiger partial charge in [0.15, 0.2) is 0 Å². The smallest absolute Gasteiger partial charge is 0.123 e. The van der Waals surface area contributed by atoms with Gasteiger partial charge in [0.05, 0.1) is 0 Å². The van der Waals surface area contributed by atoms with Crippen molar-refractivity contribution in [2.45, 2.75) is 33.3 Å². The minimum absolute atomic E-state index is 0.448. The Kier molecular flexibility index (Phi) is 4.65. The maximum Gasteiger partial charge on any atom is 0.123 e. The summed E-state index contributed by atoms with van der Waals surface area (Å²) in [5, 5.41) is 0. The Balaban J connectivity index is 2.18. The highest BCUT2D eigenvalue weighted by molar-refractivity contribution is 9.10. The molecule has 0 atom stereocenters. The molecule has 0 aliphatic heterocycles. The Bertz CT molecular complexity index is 561. The lowest BCUT2D eigenvalue weighted by atomic mass is 10.0. The number of hydrogen-bond acceptors (Lipinski definition) is 1. The summed E-state index contributed by atoms with van der Waals surface area (Å²) in [5.41, 5.74) is 3.74. The summed E-state index contributed by atoms with van der Waals surface area (Å²) in [6, 6.07) is 14.5. The zero-order valence-electron chi connectivity index (χ0n) is 11.6. The molecule has 2 aromatic rings. The van der Waals surface area contributed by atoms with Crippen LogP contribution in [0.2, 0.25) is 0 Å². The van der Waals surface area contributed by atoms with Crippen molar-refractivity contribution >= 4 is 15.9 Å². The monoisotopic (exact) mass is 318 g/mol. The van der Waals surface area contributed by atoms with Crippen LogP contribution in [0.3, 0.4) is 0 Å². The van der Waals surface area contributed by atoms with E-state index in [0.717, 1.165) is 10.2 Å². The van der Waals surface area contributed by atoms with Crippen LogP contribution in [0.1, 0.15) is 36.5 Å². The molecular weight excluding hydrogens is 300 g/mol. The zero-order chi connectivity index (χ0) is 13.8. The summed E-state index contributed by atoms with van der Waals surface area (Å²) in [6.45, 7) is 7.10. The van der Waals surface area contributed by atoms with Gasteiger partial charge in [0.1, 0.15) is 12.4 Å². The number of aryl methyl sites for hydroxylation is 1. The third-order valence-corrected chi connectivity index (χ3v) is 3.73. The molecule has 0 saturated carbocycles. The maximum atomic E-state index is 6.00. The molecule has 0 radical (unpaired) electrons. The Morgan fingerprint density at radius 3 is 2.53 bits per heavy atom. The van der Waals surface area contributed by atoms with E-state index in [1.54, 1.807) is 0 Å². The Labute approximate surface area is 123 Å². The molecular formula is C17H19BrO. The maximum absolute atomic E-state index is 6.00. The van der Waals surface area contributed by atoms with Gasteiger partial charge in [-0.05, 0) is 47.7 Å². The lowest BCUT2D eigenvalue weighted by Crippen LogP contribution is -2.01. The summed E-state index contributed by atoms with van der Waals surface area (Å²) in [5.74, 6) is 1.42. The van der Waals surface area contributed by atoms with Crippen molar-refractivity contribution in [3.63, 3.8) is 0 Å². The average molecular weight is 319 g/mol. The average Bonchev–Trinajstić information content (AvgIpc) is 2.38.